The van der Waals surface area contributed by atoms with Crippen LogP contribution in [0.5, 0.6) is 5.75 Å². The largest absolute Gasteiger partial charge is 0.497 e. The van der Waals surface area contributed by atoms with Crippen molar-refractivity contribution >= 4 is 11.6 Å². The number of allylic oxidation sites excluding steroid dienone is 2. The Labute approximate surface area is 117 Å². The summed E-state index contributed by atoms with van der Waals surface area (Å²) >= 11 is 0. The van der Waals surface area contributed by atoms with Crippen molar-refractivity contribution < 1.29 is 14.6 Å². The summed E-state index contributed by atoms with van der Waals surface area (Å²) in [6.07, 6.45) is 6.71. The molecule has 0 unspecified atom stereocenters. The van der Waals surface area contributed by atoms with Crippen LogP contribution in [0.25, 0.3) is 0 Å². The predicted octanol–water partition coefficient (Wildman–Crippen LogP) is 1.41. The fourth-order valence-electron chi connectivity index (χ4n) is 1.94. The average molecular weight is 274 g/mol. The quantitative estimate of drug-likeness (QED) is 0.572. The van der Waals surface area contributed by atoms with E-state index in [2.05, 4.69) is 5.32 Å². The summed E-state index contributed by atoms with van der Waals surface area (Å²) in [5, 5.41) is 12.3. The number of hydrogen-bond donors (Lipinski definition) is 3. The first kappa shape index (κ1) is 14.3. The lowest BCUT2D eigenvalue weighted by molar-refractivity contribution is -0.116. The predicted molar refractivity (Wildman–Crippen MR) is 77.1 cm³/mol. The van der Waals surface area contributed by atoms with E-state index < -0.39 is 5.72 Å². The molecule has 5 nitrogen and oxygen atoms in total. The summed E-state index contributed by atoms with van der Waals surface area (Å²) in [5.41, 5.74) is 4.78. The van der Waals surface area contributed by atoms with Gasteiger partial charge in [-0.2, -0.15) is 0 Å². The molecular formula is C15H18N2O3. The number of nitrogens with one attached hydrogen (secondary N) is 1. The van der Waals surface area contributed by atoms with Gasteiger partial charge in [0.05, 0.1) is 7.11 Å². The van der Waals surface area contributed by atoms with E-state index in [-0.39, 0.29) is 11.8 Å². The number of carbonyl (C=O) groups excluding carboxylic acids is 1. The van der Waals surface area contributed by atoms with Gasteiger partial charge in [-0.15, -0.1) is 0 Å². The molecule has 0 heterocycles. The van der Waals surface area contributed by atoms with Crippen LogP contribution in [-0.4, -0.2) is 23.8 Å². The lowest BCUT2D eigenvalue weighted by Gasteiger charge is -2.20. The summed E-state index contributed by atoms with van der Waals surface area (Å²) in [4.78, 5) is 11.9. The molecule has 1 aromatic carbocycles. The summed E-state index contributed by atoms with van der Waals surface area (Å²) < 4.78 is 5.09. The molecule has 1 aliphatic rings. The first-order chi connectivity index (χ1) is 9.48. The van der Waals surface area contributed by atoms with Crippen molar-refractivity contribution in [3.63, 3.8) is 0 Å². The summed E-state index contributed by atoms with van der Waals surface area (Å²) in [6.45, 7) is 0. The highest BCUT2D eigenvalue weighted by molar-refractivity contribution is 5.91. The maximum atomic E-state index is 11.9. The van der Waals surface area contributed by atoms with Crippen molar-refractivity contribution in [2.75, 3.05) is 12.4 Å². The van der Waals surface area contributed by atoms with E-state index in [0.717, 1.165) is 0 Å². The highest BCUT2D eigenvalue weighted by Crippen LogP contribution is 2.20. The van der Waals surface area contributed by atoms with Gasteiger partial charge in [-0.1, -0.05) is 18.2 Å². The Hall–Kier alpha value is -2.11. The first-order valence-electron chi connectivity index (χ1n) is 6.32. The van der Waals surface area contributed by atoms with Crippen molar-refractivity contribution in [1.82, 2.24) is 0 Å². The summed E-state index contributed by atoms with van der Waals surface area (Å²) in [5.74, 6) is 0.512. The molecule has 0 saturated carbocycles. The number of rotatable bonds is 4. The van der Waals surface area contributed by atoms with Gasteiger partial charge in [-0.3, -0.25) is 10.5 Å². The van der Waals surface area contributed by atoms with E-state index in [4.69, 9.17) is 10.5 Å². The van der Waals surface area contributed by atoms with Crippen LogP contribution in [0, 0.1) is 5.92 Å². The molecular weight excluding hydrogens is 256 g/mol. The van der Waals surface area contributed by atoms with Gasteiger partial charge in [0, 0.05) is 24.1 Å². The minimum absolute atomic E-state index is 0.0653. The van der Waals surface area contributed by atoms with Crippen LogP contribution in [0.2, 0.25) is 0 Å². The molecule has 5 heteroatoms. The number of methoxy groups -OCH3 is 1. The highest BCUT2D eigenvalue weighted by Gasteiger charge is 2.19. The Morgan fingerprint density at radius 1 is 1.45 bits per heavy atom. The molecule has 0 bridgehead atoms. The molecule has 0 fully saturated rings. The molecule has 0 aromatic heterocycles. The average Bonchev–Trinajstić information content (AvgIpc) is 2.41. The van der Waals surface area contributed by atoms with Crippen LogP contribution in [0.4, 0.5) is 5.69 Å². The third-order valence-electron chi connectivity index (χ3n) is 3.00. The van der Waals surface area contributed by atoms with Crippen LogP contribution in [0.15, 0.2) is 48.6 Å². The second kappa shape index (κ2) is 5.90. The molecule has 2 rings (SSSR count). The van der Waals surface area contributed by atoms with E-state index in [1.54, 1.807) is 31.4 Å². The van der Waals surface area contributed by atoms with Crippen molar-refractivity contribution in [2.45, 2.75) is 12.1 Å². The zero-order chi connectivity index (χ0) is 14.6. The van der Waals surface area contributed by atoms with Gasteiger partial charge in [-0.05, 0) is 24.3 Å². The topological polar surface area (TPSA) is 84.6 Å². The molecule has 1 aliphatic carbocycles. The Balaban J connectivity index is 1.91. The number of hydrogen-bond acceptors (Lipinski definition) is 4. The van der Waals surface area contributed by atoms with E-state index in [1.165, 1.54) is 12.2 Å². The van der Waals surface area contributed by atoms with E-state index in [9.17, 15) is 9.90 Å². The molecule has 106 valence electrons. The second-order valence-corrected chi connectivity index (χ2v) is 4.75. The van der Waals surface area contributed by atoms with Gasteiger partial charge in [-0.25, -0.2) is 0 Å². The van der Waals surface area contributed by atoms with Crippen LogP contribution < -0.4 is 15.8 Å². The lowest BCUT2D eigenvalue weighted by atomic mass is 9.96. The number of ether oxygens (including phenoxy) is 1. The van der Waals surface area contributed by atoms with Gasteiger partial charge < -0.3 is 15.2 Å². The Morgan fingerprint density at radius 3 is 2.80 bits per heavy atom. The number of benzene rings is 1. The Morgan fingerprint density at radius 2 is 2.15 bits per heavy atom. The monoisotopic (exact) mass is 274 g/mol. The van der Waals surface area contributed by atoms with Crippen LogP contribution in [0.3, 0.4) is 0 Å². The van der Waals surface area contributed by atoms with Crippen molar-refractivity contribution in [3.8, 4) is 5.75 Å². The lowest BCUT2D eigenvalue weighted by Crippen LogP contribution is -2.36. The van der Waals surface area contributed by atoms with Gasteiger partial charge in [0.15, 0.2) is 5.72 Å². The van der Waals surface area contributed by atoms with Gasteiger partial charge in [0.25, 0.3) is 0 Å². The van der Waals surface area contributed by atoms with Gasteiger partial charge >= 0.3 is 0 Å². The summed E-state index contributed by atoms with van der Waals surface area (Å²) in [7, 11) is 1.58. The third-order valence-corrected chi connectivity index (χ3v) is 3.00. The first-order valence-corrected chi connectivity index (χ1v) is 6.32. The van der Waals surface area contributed by atoms with Crippen molar-refractivity contribution in [2.24, 2.45) is 11.7 Å². The molecule has 1 amide bonds. The highest BCUT2D eigenvalue weighted by atomic mass is 16.5. The van der Waals surface area contributed by atoms with Crippen molar-refractivity contribution in [3.05, 3.63) is 48.6 Å². The minimum Gasteiger partial charge on any atom is -0.497 e. The van der Waals surface area contributed by atoms with E-state index in [0.29, 0.717) is 17.9 Å². The van der Waals surface area contributed by atoms with Crippen molar-refractivity contribution in [1.29, 1.82) is 0 Å². The number of nitrogens with two attached hydrogens (primary N) is 1. The van der Waals surface area contributed by atoms with E-state index in [1.807, 2.05) is 12.1 Å². The van der Waals surface area contributed by atoms with Crippen LogP contribution in [-0.2, 0) is 4.79 Å². The molecule has 0 saturated heterocycles. The fourth-order valence-corrected chi connectivity index (χ4v) is 1.94. The normalized spacial score (nSPS) is 24.4. The Kier molecular flexibility index (Phi) is 4.22. The molecule has 0 aliphatic heterocycles. The third kappa shape index (κ3) is 3.94. The van der Waals surface area contributed by atoms with Crippen LogP contribution in [0.1, 0.15) is 6.42 Å². The molecule has 20 heavy (non-hydrogen) atoms. The van der Waals surface area contributed by atoms with Gasteiger partial charge in [0.2, 0.25) is 5.91 Å². The molecule has 0 atom stereocenters. The molecule has 0 spiro atoms. The zero-order valence-electron chi connectivity index (χ0n) is 11.2. The number of anilines is 1. The smallest absolute Gasteiger partial charge is 0.225 e. The fraction of sp³-hybridized carbons (Fsp3) is 0.267. The maximum Gasteiger partial charge on any atom is 0.225 e. The van der Waals surface area contributed by atoms with E-state index >= 15 is 0 Å². The SMILES string of the molecule is COc1cccc(NC(=O)CC2C=CC(N)(O)C=C2)c1. The number of aliphatic hydroxyl groups is 1. The van der Waals surface area contributed by atoms with Crippen LogP contribution >= 0.6 is 0 Å². The molecule has 4 N–H and O–H groups in total. The second-order valence-electron chi connectivity index (χ2n) is 4.75. The summed E-state index contributed by atoms with van der Waals surface area (Å²) in [6, 6.07) is 7.17. The number of amides is 1. The Bertz CT molecular complexity index is 534. The minimum atomic E-state index is -1.40. The molecule has 1 aromatic rings. The standard InChI is InChI=1S/C15H18N2O3/c1-20-13-4-2-3-12(10-13)17-14(18)9-11-5-7-15(16,19)8-6-11/h2-8,10-11,19H,9,16H2,1H3,(H,17,18). The zero-order valence-corrected chi connectivity index (χ0v) is 11.2. The number of carbonyl (C=O) groups is 1. The molecule has 0 radical (unpaired) electrons. The van der Waals surface area contributed by atoms with Gasteiger partial charge in [0.1, 0.15) is 5.75 Å². The maximum absolute atomic E-state index is 11.9.